The topological polar surface area (TPSA) is 106 Å². The molecule has 5 rings (SSSR count). The fraction of sp³-hybridized carbons (Fsp3) is 0.375. The largest absolute Gasteiger partial charge is 0.487 e. The molecule has 0 saturated heterocycles. The van der Waals surface area contributed by atoms with E-state index in [0.29, 0.717) is 23.8 Å². The fourth-order valence-electron chi connectivity index (χ4n) is 4.95. The van der Waals surface area contributed by atoms with E-state index < -0.39 is 11.2 Å². The molecule has 0 spiro atoms. The normalized spacial score (nSPS) is 22.2. The third-order valence-corrected chi connectivity index (χ3v) is 6.70. The molecule has 164 valence electrons. The Bertz CT molecular complexity index is 1290. The van der Waals surface area contributed by atoms with Crippen molar-refractivity contribution >= 4 is 22.3 Å². The van der Waals surface area contributed by atoms with E-state index in [1.165, 1.54) is 11.8 Å². The zero-order valence-electron chi connectivity index (χ0n) is 17.8. The highest BCUT2D eigenvalue weighted by molar-refractivity contribution is 6.00. The predicted molar refractivity (Wildman–Crippen MR) is 120 cm³/mol. The molecule has 0 unspecified atom stereocenters. The summed E-state index contributed by atoms with van der Waals surface area (Å²) in [6.07, 6.45) is 8.88. The van der Waals surface area contributed by atoms with Gasteiger partial charge in [-0.3, -0.25) is 9.78 Å². The quantitative estimate of drug-likeness (QED) is 0.603. The van der Waals surface area contributed by atoms with Gasteiger partial charge in [0.25, 0.3) is 0 Å². The second-order valence-electron chi connectivity index (χ2n) is 8.69. The van der Waals surface area contributed by atoms with Gasteiger partial charge in [0.15, 0.2) is 11.6 Å². The molecule has 1 aliphatic carbocycles. The molecule has 2 aromatic heterocycles. The Morgan fingerprint density at radius 1 is 1.34 bits per heavy atom. The van der Waals surface area contributed by atoms with E-state index in [9.17, 15) is 10.1 Å². The van der Waals surface area contributed by atoms with Crippen LogP contribution in [0.25, 0.3) is 10.9 Å². The molecule has 1 aromatic carbocycles. The minimum atomic E-state index is -0.699. The first kappa shape index (κ1) is 20.3. The van der Waals surface area contributed by atoms with Gasteiger partial charge in [0, 0.05) is 24.6 Å². The number of benzene rings is 1. The summed E-state index contributed by atoms with van der Waals surface area (Å²) in [6.45, 7) is 2.22. The number of ether oxygens (including phenoxy) is 1. The third kappa shape index (κ3) is 3.16. The van der Waals surface area contributed by atoms with Crippen molar-refractivity contribution in [2.75, 3.05) is 17.7 Å². The lowest BCUT2D eigenvalue weighted by atomic mass is 9.82. The van der Waals surface area contributed by atoms with Gasteiger partial charge in [0.2, 0.25) is 5.43 Å². The first-order chi connectivity index (χ1) is 15.5. The average Bonchev–Trinajstić information content (AvgIpc) is 2.82. The molecule has 3 N–H and O–H groups in total. The molecule has 2 aliphatic rings. The van der Waals surface area contributed by atoms with Gasteiger partial charge in [0.05, 0.1) is 22.6 Å². The molecule has 1 aliphatic heterocycles. The lowest BCUT2D eigenvalue weighted by Gasteiger charge is -2.33. The van der Waals surface area contributed by atoms with Crippen LogP contribution in [0.5, 0.6) is 5.75 Å². The number of nitrogens with one attached hydrogen (secondary N) is 1. The van der Waals surface area contributed by atoms with Gasteiger partial charge in [-0.25, -0.2) is 4.39 Å². The van der Waals surface area contributed by atoms with Crippen molar-refractivity contribution in [1.82, 2.24) is 9.55 Å². The van der Waals surface area contributed by atoms with Gasteiger partial charge >= 0.3 is 0 Å². The van der Waals surface area contributed by atoms with Crippen LogP contribution in [0.4, 0.5) is 15.8 Å². The third-order valence-electron chi connectivity index (χ3n) is 6.70. The molecule has 1 saturated carbocycles. The maximum absolute atomic E-state index is 15.4. The SMILES string of the molecule is C[C@H]1COc2c(N[C@H]3CC[C@H](c4cccnc4)CC3)c(F)c(N)c3c(=O)c(C#N)cn1c23. The van der Waals surface area contributed by atoms with Crippen LogP contribution in [0.2, 0.25) is 0 Å². The standard InChI is InChI=1S/C24H24FN5O2/c1-13-12-32-24-21(29-17-6-4-14(5-7-17)15-3-2-8-28-10-15)19(25)20(27)18-22(24)30(13)11-16(9-26)23(18)31/h2-3,8,10-11,13-14,17,29H,4-7,12,27H2,1H3/t13-,14-,17-/m0/s1. The number of hydrogen-bond donors (Lipinski definition) is 2. The molecular formula is C24H24FN5O2. The maximum Gasteiger partial charge on any atom is 0.209 e. The summed E-state index contributed by atoms with van der Waals surface area (Å²) in [5, 5.41) is 12.7. The van der Waals surface area contributed by atoms with Gasteiger partial charge < -0.3 is 20.4 Å². The number of hydrogen-bond acceptors (Lipinski definition) is 6. The number of nitrogen functional groups attached to an aromatic ring is 1. The summed E-state index contributed by atoms with van der Waals surface area (Å²) >= 11 is 0. The van der Waals surface area contributed by atoms with Crippen molar-refractivity contribution < 1.29 is 9.13 Å². The van der Waals surface area contributed by atoms with Gasteiger partial charge in [-0.2, -0.15) is 5.26 Å². The minimum Gasteiger partial charge on any atom is -0.487 e. The Labute approximate surface area is 184 Å². The molecule has 0 amide bonds. The highest BCUT2D eigenvalue weighted by Crippen LogP contribution is 2.44. The minimum absolute atomic E-state index is 0.00827. The van der Waals surface area contributed by atoms with Crippen molar-refractivity contribution in [3.8, 4) is 11.8 Å². The number of pyridine rings is 2. The van der Waals surface area contributed by atoms with Crippen LogP contribution in [-0.2, 0) is 0 Å². The lowest BCUT2D eigenvalue weighted by molar-refractivity contribution is 0.247. The Hall–Kier alpha value is -3.60. The zero-order valence-corrected chi connectivity index (χ0v) is 17.8. The fourth-order valence-corrected chi connectivity index (χ4v) is 4.95. The first-order valence-electron chi connectivity index (χ1n) is 10.9. The molecule has 1 atom stereocenters. The molecule has 0 radical (unpaired) electrons. The highest BCUT2D eigenvalue weighted by Gasteiger charge is 2.31. The summed E-state index contributed by atoms with van der Waals surface area (Å²) in [5.74, 6) is 0.0363. The number of nitrogens with zero attached hydrogens (tertiary/aromatic N) is 3. The van der Waals surface area contributed by atoms with Gasteiger partial charge in [-0.15, -0.1) is 0 Å². The van der Waals surface area contributed by atoms with Crippen LogP contribution < -0.4 is 21.2 Å². The second kappa shape index (κ2) is 7.83. The Morgan fingerprint density at radius 2 is 2.12 bits per heavy atom. The van der Waals surface area contributed by atoms with Gasteiger partial charge in [-0.1, -0.05) is 6.07 Å². The molecule has 32 heavy (non-hydrogen) atoms. The molecule has 3 heterocycles. The monoisotopic (exact) mass is 433 g/mol. The summed E-state index contributed by atoms with van der Waals surface area (Å²) in [4.78, 5) is 17.0. The van der Waals surface area contributed by atoms with Gasteiger partial charge in [0.1, 0.15) is 23.9 Å². The Kier molecular flexibility index (Phi) is 4.97. The van der Waals surface area contributed by atoms with E-state index in [2.05, 4.69) is 16.4 Å². The number of rotatable bonds is 3. The van der Waals surface area contributed by atoms with E-state index in [4.69, 9.17) is 10.5 Å². The summed E-state index contributed by atoms with van der Waals surface area (Å²) in [7, 11) is 0. The number of halogens is 1. The summed E-state index contributed by atoms with van der Waals surface area (Å²) in [6, 6.07) is 5.89. The van der Waals surface area contributed by atoms with Crippen molar-refractivity contribution in [2.24, 2.45) is 0 Å². The summed E-state index contributed by atoms with van der Waals surface area (Å²) in [5.41, 5.74) is 7.11. The van der Waals surface area contributed by atoms with E-state index in [1.54, 1.807) is 10.8 Å². The zero-order chi connectivity index (χ0) is 22.4. The Balaban J connectivity index is 1.52. The van der Waals surface area contributed by atoms with Crippen molar-refractivity contribution in [1.29, 1.82) is 5.26 Å². The second-order valence-corrected chi connectivity index (χ2v) is 8.69. The average molecular weight is 433 g/mol. The van der Waals surface area contributed by atoms with Crippen molar-refractivity contribution in [3.63, 3.8) is 0 Å². The molecule has 0 bridgehead atoms. The predicted octanol–water partition coefficient (Wildman–Crippen LogP) is 4.08. The van der Waals surface area contributed by atoms with Crippen LogP contribution in [0.1, 0.15) is 55.7 Å². The molecule has 3 aromatic rings. The summed E-state index contributed by atoms with van der Waals surface area (Å²) < 4.78 is 23.2. The molecule has 1 fully saturated rings. The number of nitrogens with two attached hydrogens (primary N) is 1. The number of anilines is 2. The molecular weight excluding hydrogens is 409 g/mol. The highest BCUT2D eigenvalue weighted by atomic mass is 19.1. The van der Waals surface area contributed by atoms with Crippen molar-refractivity contribution in [2.45, 2.75) is 50.6 Å². The maximum atomic E-state index is 15.4. The van der Waals surface area contributed by atoms with Crippen LogP contribution in [0.15, 0.2) is 35.5 Å². The van der Waals surface area contributed by atoms with Crippen LogP contribution in [0, 0.1) is 17.1 Å². The first-order valence-corrected chi connectivity index (χ1v) is 10.9. The number of aromatic nitrogens is 2. The van der Waals surface area contributed by atoms with Crippen LogP contribution >= 0.6 is 0 Å². The lowest BCUT2D eigenvalue weighted by Crippen LogP contribution is -2.29. The van der Waals surface area contributed by atoms with E-state index in [-0.39, 0.29) is 34.4 Å². The molecule has 7 nitrogen and oxygen atoms in total. The van der Waals surface area contributed by atoms with E-state index in [1.807, 2.05) is 25.3 Å². The Morgan fingerprint density at radius 3 is 2.81 bits per heavy atom. The van der Waals surface area contributed by atoms with Crippen molar-refractivity contribution in [3.05, 3.63) is 57.9 Å². The van der Waals surface area contributed by atoms with Crippen LogP contribution in [0.3, 0.4) is 0 Å². The molecule has 8 heteroatoms. The van der Waals surface area contributed by atoms with Crippen LogP contribution in [-0.4, -0.2) is 22.2 Å². The smallest absolute Gasteiger partial charge is 0.209 e. The van der Waals surface area contributed by atoms with E-state index >= 15 is 4.39 Å². The van der Waals surface area contributed by atoms with Gasteiger partial charge in [-0.05, 0) is 50.2 Å². The van der Waals surface area contributed by atoms with E-state index in [0.717, 1.165) is 25.7 Å². The number of nitriles is 1.